The number of carbonyl (C=O) groups is 2. The van der Waals surface area contributed by atoms with Gasteiger partial charge in [-0.3, -0.25) is 9.59 Å². The second kappa shape index (κ2) is 9.05. The van der Waals surface area contributed by atoms with Crippen LogP contribution in [0.5, 0.6) is 0 Å². The Bertz CT molecular complexity index is 779. The van der Waals surface area contributed by atoms with Crippen LogP contribution in [0.2, 0.25) is 5.02 Å². The summed E-state index contributed by atoms with van der Waals surface area (Å²) in [7, 11) is 1.56. The number of rotatable bonds is 7. The molecule has 2 aromatic rings. The number of aryl methyl sites for hydroxylation is 1. The van der Waals surface area contributed by atoms with Crippen LogP contribution in [-0.4, -0.2) is 39.9 Å². The highest BCUT2D eigenvalue weighted by molar-refractivity contribution is 8.01. The second-order valence-corrected chi connectivity index (χ2v) is 7.45. The van der Waals surface area contributed by atoms with Gasteiger partial charge in [-0.2, -0.15) is 0 Å². The molecule has 6 nitrogen and oxygen atoms in total. The lowest BCUT2D eigenvalue weighted by atomic mass is 10.2. The van der Waals surface area contributed by atoms with E-state index in [1.54, 1.807) is 33.0 Å². The van der Waals surface area contributed by atoms with E-state index in [9.17, 15) is 14.0 Å². The number of amides is 2. The minimum atomic E-state index is -0.471. The van der Waals surface area contributed by atoms with Gasteiger partial charge in [-0.05, 0) is 26.0 Å². The number of benzene rings is 1. The summed E-state index contributed by atoms with van der Waals surface area (Å²) in [6, 6.07) is 5.99. The van der Waals surface area contributed by atoms with E-state index in [0.29, 0.717) is 11.6 Å². The average molecular weight is 400 g/mol. The number of anilines is 1. The van der Waals surface area contributed by atoms with Crippen LogP contribution in [0.15, 0.2) is 28.8 Å². The molecule has 2 amide bonds. The van der Waals surface area contributed by atoms with Crippen molar-refractivity contribution in [1.82, 2.24) is 10.1 Å². The van der Waals surface area contributed by atoms with E-state index < -0.39 is 11.1 Å². The molecule has 0 bridgehead atoms. The van der Waals surface area contributed by atoms with Crippen molar-refractivity contribution in [2.24, 2.45) is 0 Å². The summed E-state index contributed by atoms with van der Waals surface area (Å²) in [5, 5.41) is 6.10. The quantitative estimate of drug-likeness (QED) is 0.771. The molecule has 2 rings (SSSR count). The normalized spacial score (nSPS) is 11.9. The fourth-order valence-electron chi connectivity index (χ4n) is 2.04. The number of thioether (sulfide) groups is 1. The first-order valence-electron chi connectivity index (χ1n) is 7.80. The first-order chi connectivity index (χ1) is 12.3. The van der Waals surface area contributed by atoms with E-state index in [2.05, 4.69) is 10.5 Å². The highest BCUT2D eigenvalue weighted by atomic mass is 35.5. The van der Waals surface area contributed by atoms with Crippen molar-refractivity contribution in [3.8, 4) is 0 Å². The van der Waals surface area contributed by atoms with Gasteiger partial charge in [-0.15, -0.1) is 11.8 Å². The Hall–Kier alpha value is -2.06. The van der Waals surface area contributed by atoms with Gasteiger partial charge in [0.25, 0.3) is 0 Å². The van der Waals surface area contributed by atoms with Crippen molar-refractivity contribution >= 4 is 41.0 Å². The molecule has 0 aliphatic carbocycles. The summed E-state index contributed by atoms with van der Waals surface area (Å²) >= 11 is 7.15. The maximum absolute atomic E-state index is 13.8. The van der Waals surface area contributed by atoms with Crippen molar-refractivity contribution in [2.45, 2.75) is 25.6 Å². The Morgan fingerprint density at radius 3 is 2.81 bits per heavy atom. The van der Waals surface area contributed by atoms with Crippen molar-refractivity contribution in [3.63, 3.8) is 0 Å². The van der Waals surface area contributed by atoms with Crippen LogP contribution < -0.4 is 5.32 Å². The van der Waals surface area contributed by atoms with Crippen LogP contribution in [-0.2, 0) is 16.1 Å². The standard InChI is InChI=1S/C17H19ClFN3O3S/c1-10-7-15(21-25-10)20-17(24)11(2)26-9-16(23)22(3)8-12-13(18)5-4-6-14(12)19/h4-7,11H,8-9H2,1-3H3,(H,20,21,24)/t11-/m0/s1. The van der Waals surface area contributed by atoms with E-state index >= 15 is 0 Å². The van der Waals surface area contributed by atoms with Crippen molar-refractivity contribution in [1.29, 1.82) is 0 Å². The summed E-state index contributed by atoms with van der Waals surface area (Å²) in [6.45, 7) is 3.47. The molecule has 140 valence electrons. The van der Waals surface area contributed by atoms with Crippen LogP contribution in [0.25, 0.3) is 0 Å². The fourth-order valence-corrected chi connectivity index (χ4v) is 3.09. The minimum absolute atomic E-state index is 0.0592. The molecule has 1 heterocycles. The smallest absolute Gasteiger partial charge is 0.238 e. The largest absolute Gasteiger partial charge is 0.360 e. The van der Waals surface area contributed by atoms with E-state index in [1.165, 1.54) is 28.8 Å². The van der Waals surface area contributed by atoms with Gasteiger partial charge in [-0.25, -0.2) is 4.39 Å². The Kier molecular flexibility index (Phi) is 7.05. The van der Waals surface area contributed by atoms with Gasteiger partial charge < -0.3 is 14.7 Å². The van der Waals surface area contributed by atoms with Crippen LogP contribution in [0.4, 0.5) is 10.2 Å². The Morgan fingerprint density at radius 2 is 2.19 bits per heavy atom. The first-order valence-corrected chi connectivity index (χ1v) is 9.23. The molecule has 0 radical (unpaired) electrons. The summed E-state index contributed by atoms with van der Waals surface area (Å²) in [4.78, 5) is 25.7. The molecule has 1 aromatic carbocycles. The lowest BCUT2D eigenvalue weighted by Gasteiger charge is -2.19. The molecule has 1 aromatic heterocycles. The van der Waals surface area contributed by atoms with E-state index in [0.717, 1.165) is 0 Å². The number of nitrogens with one attached hydrogen (secondary N) is 1. The summed E-state index contributed by atoms with van der Waals surface area (Å²) in [6.07, 6.45) is 0. The Balaban J connectivity index is 1.84. The second-order valence-electron chi connectivity index (χ2n) is 5.72. The fraction of sp³-hybridized carbons (Fsp3) is 0.353. The van der Waals surface area contributed by atoms with Crippen LogP contribution >= 0.6 is 23.4 Å². The van der Waals surface area contributed by atoms with E-state index in [4.69, 9.17) is 16.1 Å². The molecule has 9 heteroatoms. The molecular weight excluding hydrogens is 381 g/mol. The van der Waals surface area contributed by atoms with Gasteiger partial charge in [0.05, 0.1) is 11.0 Å². The molecule has 1 atom stereocenters. The van der Waals surface area contributed by atoms with Crippen molar-refractivity contribution in [3.05, 3.63) is 46.4 Å². The number of aromatic nitrogens is 1. The van der Waals surface area contributed by atoms with Crippen molar-refractivity contribution < 1.29 is 18.5 Å². The molecule has 26 heavy (non-hydrogen) atoms. The maximum Gasteiger partial charge on any atom is 0.238 e. The lowest BCUT2D eigenvalue weighted by molar-refractivity contribution is -0.127. The number of halogens is 2. The Morgan fingerprint density at radius 1 is 1.46 bits per heavy atom. The highest BCUT2D eigenvalue weighted by Crippen LogP contribution is 2.21. The van der Waals surface area contributed by atoms with E-state index in [1.807, 2.05) is 0 Å². The topological polar surface area (TPSA) is 75.4 Å². The van der Waals surface area contributed by atoms with Gasteiger partial charge in [0, 0.05) is 30.2 Å². The van der Waals surface area contributed by atoms with Crippen LogP contribution in [0, 0.1) is 12.7 Å². The molecule has 0 unspecified atom stereocenters. The number of hydrogen-bond acceptors (Lipinski definition) is 5. The van der Waals surface area contributed by atoms with Crippen LogP contribution in [0.3, 0.4) is 0 Å². The zero-order valence-electron chi connectivity index (χ0n) is 14.6. The van der Waals surface area contributed by atoms with E-state index in [-0.39, 0.29) is 34.7 Å². The third kappa shape index (κ3) is 5.47. The van der Waals surface area contributed by atoms with Gasteiger partial charge in [0.15, 0.2) is 5.82 Å². The molecule has 0 spiro atoms. The maximum atomic E-state index is 13.8. The average Bonchev–Trinajstić information content (AvgIpc) is 3.00. The minimum Gasteiger partial charge on any atom is -0.360 e. The highest BCUT2D eigenvalue weighted by Gasteiger charge is 2.19. The third-order valence-corrected chi connectivity index (χ3v) is 5.07. The third-order valence-electron chi connectivity index (χ3n) is 3.59. The summed E-state index contributed by atoms with van der Waals surface area (Å²) in [5.74, 6) is 0.0269. The molecule has 0 aliphatic heterocycles. The summed E-state index contributed by atoms with van der Waals surface area (Å²) < 4.78 is 18.7. The molecule has 0 saturated heterocycles. The van der Waals surface area contributed by atoms with Crippen LogP contribution in [0.1, 0.15) is 18.2 Å². The number of nitrogens with zero attached hydrogens (tertiary/aromatic N) is 2. The molecule has 1 N–H and O–H groups in total. The summed E-state index contributed by atoms with van der Waals surface area (Å²) in [5.41, 5.74) is 0.266. The molecule has 0 fully saturated rings. The first kappa shape index (κ1) is 20.3. The SMILES string of the molecule is Cc1cc(NC(=O)[C@H](C)SCC(=O)N(C)Cc2c(F)cccc2Cl)no1. The molecule has 0 saturated carbocycles. The predicted molar refractivity (Wildman–Crippen MR) is 99.7 cm³/mol. The number of carbonyl (C=O) groups excluding carboxylic acids is 2. The lowest BCUT2D eigenvalue weighted by Crippen LogP contribution is -2.30. The van der Waals surface area contributed by atoms with Gasteiger partial charge in [-0.1, -0.05) is 22.8 Å². The van der Waals surface area contributed by atoms with Gasteiger partial charge in [0.1, 0.15) is 11.6 Å². The number of hydrogen-bond donors (Lipinski definition) is 1. The zero-order valence-corrected chi connectivity index (χ0v) is 16.2. The van der Waals surface area contributed by atoms with Gasteiger partial charge in [0.2, 0.25) is 11.8 Å². The Labute approximate surface area is 160 Å². The predicted octanol–water partition coefficient (Wildman–Crippen LogP) is 3.49. The van der Waals surface area contributed by atoms with Crippen molar-refractivity contribution in [2.75, 3.05) is 18.1 Å². The zero-order chi connectivity index (χ0) is 19.3. The molecule has 0 aliphatic rings. The monoisotopic (exact) mass is 399 g/mol. The molecular formula is C17H19ClFN3O3S. The van der Waals surface area contributed by atoms with Gasteiger partial charge >= 0.3 is 0 Å².